The van der Waals surface area contributed by atoms with Crippen molar-refractivity contribution in [3.05, 3.63) is 23.4 Å². The maximum absolute atomic E-state index is 11.0. The Kier molecular flexibility index (Phi) is 2.13. The maximum Gasteiger partial charge on any atom is 0.161 e. The van der Waals surface area contributed by atoms with Crippen molar-refractivity contribution in [2.24, 2.45) is 0 Å². The van der Waals surface area contributed by atoms with Crippen molar-refractivity contribution in [2.75, 3.05) is 13.6 Å². The van der Waals surface area contributed by atoms with E-state index in [0.717, 1.165) is 12.1 Å². The monoisotopic (exact) mass is 151 g/mol. The summed E-state index contributed by atoms with van der Waals surface area (Å²) in [7, 11) is 1.97. The molecule has 0 atom stereocenters. The second-order valence-electron chi connectivity index (χ2n) is 3.05. The number of hydrogen-bond donors (Lipinski definition) is 0. The molecule has 0 saturated carbocycles. The van der Waals surface area contributed by atoms with Crippen molar-refractivity contribution in [2.45, 2.75) is 13.8 Å². The van der Waals surface area contributed by atoms with Crippen molar-refractivity contribution in [3.8, 4) is 0 Å². The molecule has 0 spiro atoms. The second-order valence-corrected chi connectivity index (χ2v) is 3.05. The molecule has 0 saturated heterocycles. The largest absolute Gasteiger partial charge is 0.376 e. The predicted octanol–water partition coefficient (Wildman–Crippen LogP) is 1.35. The summed E-state index contributed by atoms with van der Waals surface area (Å²) in [5.41, 5.74) is 2.04. The molecule has 11 heavy (non-hydrogen) atoms. The highest BCUT2D eigenvalue weighted by Crippen LogP contribution is 2.11. The molecule has 2 nitrogen and oxygen atoms in total. The van der Waals surface area contributed by atoms with Gasteiger partial charge in [0.05, 0.1) is 0 Å². The zero-order chi connectivity index (χ0) is 8.43. The van der Waals surface area contributed by atoms with Gasteiger partial charge in [-0.05, 0) is 19.9 Å². The SMILES string of the molecule is CC(=O)C1=CN(C)CC(C)=C1. The Morgan fingerprint density at radius 1 is 1.64 bits per heavy atom. The molecule has 60 valence electrons. The van der Waals surface area contributed by atoms with Gasteiger partial charge in [0.2, 0.25) is 0 Å². The summed E-state index contributed by atoms with van der Waals surface area (Å²) in [4.78, 5) is 13.0. The normalized spacial score (nSPS) is 17.5. The van der Waals surface area contributed by atoms with Crippen LogP contribution in [0.15, 0.2) is 23.4 Å². The molecule has 0 N–H and O–H groups in total. The summed E-state index contributed by atoms with van der Waals surface area (Å²) in [5, 5.41) is 0. The van der Waals surface area contributed by atoms with Gasteiger partial charge in [0, 0.05) is 25.4 Å². The number of nitrogens with zero attached hydrogens (tertiary/aromatic N) is 1. The third-order valence-electron chi connectivity index (χ3n) is 1.67. The molecule has 0 radical (unpaired) electrons. The van der Waals surface area contributed by atoms with Gasteiger partial charge in [-0.25, -0.2) is 0 Å². The molecule has 0 aromatic carbocycles. The molecule has 0 bridgehead atoms. The number of rotatable bonds is 1. The standard InChI is InChI=1S/C9H13NO/c1-7-4-9(8(2)11)6-10(3)5-7/h4,6H,5H2,1-3H3. The number of likely N-dealkylation sites (N-methyl/N-ethyl adjacent to an activating group) is 1. The van der Waals surface area contributed by atoms with Gasteiger partial charge in [-0.1, -0.05) is 5.57 Å². The second kappa shape index (κ2) is 2.91. The van der Waals surface area contributed by atoms with E-state index in [-0.39, 0.29) is 5.78 Å². The van der Waals surface area contributed by atoms with Crippen molar-refractivity contribution < 1.29 is 4.79 Å². The number of ketones is 1. The lowest BCUT2D eigenvalue weighted by Gasteiger charge is -2.20. The topological polar surface area (TPSA) is 20.3 Å². The van der Waals surface area contributed by atoms with E-state index in [4.69, 9.17) is 0 Å². The first-order chi connectivity index (χ1) is 5.09. The summed E-state index contributed by atoms with van der Waals surface area (Å²) in [6.45, 7) is 4.55. The van der Waals surface area contributed by atoms with E-state index in [0.29, 0.717) is 0 Å². The molecular weight excluding hydrogens is 138 g/mol. The average molecular weight is 151 g/mol. The summed E-state index contributed by atoms with van der Waals surface area (Å²) in [6.07, 6.45) is 3.83. The zero-order valence-corrected chi connectivity index (χ0v) is 7.22. The van der Waals surface area contributed by atoms with E-state index in [9.17, 15) is 4.79 Å². The van der Waals surface area contributed by atoms with Gasteiger partial charge in [-0.15, -0.1) is 0 Å². The molecule has 0 aromatic rings. The molecule has 0 unspecified atom stereocenters. The minimum absolute atomic E-state index is 0.135. The van der Waals surface area contributed by atoms with Crippen LogP contribution in [-0.2, 0) is 4.79 Å². The summed E-state index contributed by atoms with van der Waals surface area (Å²) >= 11 is 0. The third kappa shape index (κ3) is 1.93. The molecule has 0 aromatic heterocycles. The first-order valence-electron chi connectivity index (χ1n) is 3.70. The Morgan fingerprint density at radius 3 is 2.73 bits per heavy atom. The van der Waals surface area contributed by atoms with Gasteiger partial charge >= 0.3 is 0 Å². The van der Waals surface area contributed by atoms with Gasteiger partial charge in [0.25, 0.3) is 0 Å². The van der Waals surface area contributed by atoms with Crippen LogP contribution >= 0.6 is 0 Å². The average Bonchev–Trinajstić information content (AvgIpc) is 1.85. The number of carbonyl (C=O) groups is 1. The van der Waals surface area contributed by atoms with Gasteiger partial charge in [0.15, 0.2) is 5.78 Å². The Balaban J connectivity index is 2.87. The van der Waals surface area contributed by atoms with Crippen molar-refractivity contribution >= 4 is 5.78 Å². The van der Waals surface area contributed by atoms with Gasteiger partial charge in [0.1, 0.15) is 0 Å². The Labute approximate surface area is 67.2 Å². The molecule has 1 aliphatic heterocycles. The van der Waals surface area contributed by atoms with Crippen molar-refractivity contribution in [1.82, 2.24) is 4.90 Å². The first kappa shape index (κ1) is 8.05. The van der Waals surface area contributed by atoms with Crippen LogP contribution in [0.4, 0.5) is 0 Å². The van der Waals surface area contributed by atoms with Crippen LogP contribution in [0, 0.1) is 0 Å². The number of allylic oxidation sites excluding steroid dienone is 2. The van der Waals surface area contributed by atoms with E-state index < -0.39 is 0 Å². The minimum Gasteiger partial charge on any atom is -0.376 e. The fourth-order valence-electron chi connectivity index (χ4n) is 1.22. The molecule has 0 amide bonds. The van der Waals surface area contributed by atoms with Gasteiger partial charge < -0.3 is 4.90 Å². The molecule has 2 heteroatoms. The number of carbonyl (C=O) groups excluding carboxylic acids is 1. The summed E-state index contributed by atoms with van der Waals surface area (Å²) in [6, 6.07) is 0. The van der Waals surface area contributed by atoms with Crippen LogP contribution in [0.25, 0.3) is 0 Å². The minimum atomic E-state index is 0.135. The fraction of sp³-hybridized carbons (Fsp3) is 0.444. The molecule has 0 aliphatic carbocycles. The number of hydrogen-bond acceptors (Lipinski definition) is 2. The molecule has 1 aliphatic rings. The summed E-state index contributed by atoms with van der Waals surface area (Å²) in [5.74, 6) is 0.135. The Morgan fingerprint density at radius 2 is 2.27 bits per heavy atom. The highest BCUT2D eigenvalue weighted by Gasteiger charge is 2.08. The van der Waals surface area contributed by atoms with Crippen LogP contribution < -0.4 is 0 Å². The first-order valence-corrected chi connectivity index (χ1v) is 3.70. The van der Waals surface area contributed by atoms with E-state index in [1.54, 1.807) is 6.92 Å². The van der Waals surface area contributed by atoms with Crippen LogP contribution in [0.1, 0.15) is 13.8 Å². The van der Waals surface area contributed by atoms with Crippen molar-refractivity contribution in [3.63, 3.8) is 0 Å². The Hall–Kier alpha value is -1.05. The van der Waals surface area contributed by atoms with E-state index in [1.165, 1.54) is 5.57 Å². The third-order valence-corrected chi connectivity index (χ3v) is 1.67. The maximum atomic E-state index is 11.0. The molecule has 0 fully saturated rings. The lowest BCUT2D eigenvalue weighted by atomic mass is 10.1. The van der Waals surface area contributed by atoms with Crippen molar-refractivity contribution in [1.29, 1.82) is 0 Å². The Bertz CT molecular complexity index is 238. The van der Waals surface area contributed by atoms with Crippen LogP contribution in [0.2, 0.25) is 0 Å². The van der Waals surface area contributed by atoms with Gasteiger partial charge in [-0.3, -0.25) is 4.79 Å². The quantitative estimate of drug-likeness (QED) is 0.564. The summed E-state index contributed by atoms with van der Waals surface area (Å²) < 4.78 is 0. The molecular formula is C9H13NO. The van der Waals surface area contributed by atoms with E-state index >= 15 is 0 Å². The lowest BCUT2D eigenvalue weighted by molar-refractivity contribution is -0.113. The highest BCUT2D eigenvalue weighted by molar-refractivity contribution is 5.96. The fourth-order valence-corrected chi connectivity index (χ4v) is 1.22. The van der Waals surface area contributed by atoms with Gasteiger partial charge in [-0.2, -0.15) is 0 Å². The lowest BCUT2D eigenvalue weighted by Crippen LogP contribution is -2.19. The van der Waals surface area contributed by atoms with E-state index in [1.807, 2.05) is 31.1 Å². The van der Waals surface area contributed by atoms with E-state index in [2.05, 4.69) is 0 Å². The smallest absolute Gasteiger partial charge is 0.161 e. The highest BCUT2D eigenvalue weighted by atomic mass is 16.1. The van der Waals surface area contributed by atoms with Crippen LogP contribution in [0.3, 0.4) is 0 Å². The van der Waals surface area contributed by atoms with Crippen LogP contribution in [-0.4, -0.2) is 24.3 Å². The predicted molar refractivity (Wildman–Crippen MR) is 45.2 cm³/mol. The van der Waals surface area contributed by atoms with Crippen LogP contribution in [0.5, 0.6) is 0 Å². The molecule has 1 rings (SSSR count). The zero-order valence-electron chi connectivity index (χ0n) is 7.22. The molecule has 1 heterocycles. The number of Topliss-reactive ketones (excluding diaryl/α,β-unsaturated/α-hetero) is 1.